The minimum atomic E-state index is 0.0246. The van der Waals surface area contributed by atoms with Gasteiger partial charge in [0.15, 0.2) is 11.5 Å². The zero-order chi connectivity index (χ0) is 12.6. The van der Waals surface area contributed by atoms with Crippen molar-refractivity contribution in [3.05, 3.63) is 22.8 Å². The Kier molecular flexibility index (Phi) is 3.04. The summed E-state index contributed by atoms with van der Waals surface area (Å²) < 4.78 is 10.8. The number of hydrogen-bond acceptors (Lipinski definition) is 3. The summed E-state index contributed by atoms with van der Waals surface area (Å²) in [6.45, 7) is 4.11. The molecule has 0 bridgehead atoms. The average molecular weight is 235 g/mol. The van der Waals surface area contributed by atoms with E-state index in [1.807, 2.05) is 6.92 Å². The maximum Gasteiger partial charge on any atom is 0.164 e. The molecule has 1 saturated carbocycles. The lowest BCUT2D eigenvalue weighted by Gasteiger charge is -2.18. The molecule has 0 saturated heterocycles. The van der Waals surface area contributed by atoms with Crippen molar-refractivity contribution >= 4 is 0 Å². The van der Waals surface area contributed by atoms with Gasteiger partial charge in [-0.15, -0.1) is 0 Å². The highest BCUT2D eigenvalue weighted by Gasteiger charge is 2.38. The first kappa shape index (κ1) is 12.2. The van der Waals surface area contributed by atoms with E-state index in [0.717, 1.165) is 41.9 Å². The van der Waals surface area contributed by atoms with E-state index in [-0.39, 0.29) is 5.54 Å². The molecule has 0 atom stereocenters. The molecule has 17 heavy (non-hydrogen) atoms. The van der Waals surface area contributed by atoms with Crippen LogP contribution in [0.4, 0.5) is 0 Å². The van der Waals surface area contributed by atoms with E-state index >= 15 is 0 Å². The third-order valence-corrected chi connectivity index (χ3v) is 3.62. The fourth-order valence-corrected chi connectivity index (χ4v) is 2.33. The fourth-order valence-electron chi connectivity index (χ4n) is 2.33. The van der Waals surface area contributed by atoms with Gasteiger partial charge in [0, 0.05) is 5.54 Å². The van der Waals surface area contributed by atoms with Gasteiger partial charge in [0.2, 0.25) is 0 Å². The van der Waals surface area contributed by atoms with Crippen LogP contribution in [0.1, 0.15) is 29.5 Å². The molecule has 1 aromatic rings. The second kappa shape index (κ2) is 4.22. The van der Waals surface area contributed by atoms with Crippen LogP contribution >= 0.6 is 0 Å². The van der Waals surface area contributed by atoms with Gasteiger partial charge >= 0.3 is 0 Å². The van der Waals surface area contributed by atoms with E-state index in [9.17, 15) is 0 Å². The molecule has 0 spiro atoms. The maximum atomic E-state index is 6.19. The fraction of sp³-hybridized carbons (Fsp3) is 0.571. The molecular formula is C14H21NO2. The molecular weight excluding hydrogens is 214 g/mol. The Morgan fingerprint density at radius 1 is 1.18 bits per heavy atom. The summed E-state index contributed by atoms with van der Waals surface area (Å²) >= 11 is 0. The van der Waals surface area contributed by atoms with Crippen LogP contribution in [-0.4, -0.2) is 19.8 Å². The second-order valence-corrected chi connectivity index (χ2v) is 5.08. The summed E-state index contributed by atoms with van der Waals surface area (Å²) in [5, 5.41) is 0. The maximum absolute atomic E-state index is 6.19. The van der Waals surface area contributed by atoms with E-state index in [1.165, 1.54) is 5.56 Å². The first-order valence-corrected chi connectivity index (χ1v) is 6.00. The Morgan fingerprint density at radius 3 is 2.24 bits per heavy atom. The number of nitrogens with two attached hydrogens (primary N) is 1. The van der Waals surface area contributed by atoms with Gasteiger partial charge in [-0.05, 0) is 49.8 Å². The van der Waals surface area contributed by atoms with Crippen molar-refractivity contribution in [2.24, 2.45) is 5.73 Å². The molecule has 0 radical (unpaired) electrons. The predicted molar refractivity (Wildman–Crippen MR) is 68.9 cm³/mol. The highest BCUT2D eigenvalue weighted by molar-refractivity contribution is 5.55. The van der Waals surface area contributed by atoms with Crippen molar-refractivity contribution in [1.82, 2.24) is 0 Å². The largest absolute Gasteiger partial charge is 0.493 e. The molecule has 94 valence electrons. The minimum absolute atomic E-state index is 0.0246. The first-order valence-electron chi connectivity index (χ1n) is 6.00. The smallest absolute Gasteiger partial charge is 0.164 e. The normalized spacial score (nSPS) is 16.8. The Labute approximate surface area is 103 Å². The Morgan fingerprint density at radius 2 is 1.76 bits per heavy atom. The van der Waals surface area contributed by atoms with Crippen LogP contribution in [0.5, 0.6) is 11.5 Å². The lowest BCUT2D eigenvalue weighted by Crippen LogP contribution is -2.25. The Balaban J connectivity index is 2.43. The summed E-state index contributed by atoms with van der Waals surface area (Å²) in [4.78, 5) is 0. The third kappa shape index (κ3) is 2.25. The van der Waals surface area contributed by atoms with E-state index in [1.54, 1.807) is 14.2 Å². The minimum Gasteiger partial charge on any atom is -0.493 e. The molecule has 0 heterocycles. The number of ether oxygens (including phenoxy) is 2. The standard InChI is InChI=1S/C14H21NO2/c1-9-7-11(8-14(15)5-6-14)10(2)13(17-4)12(9)16-3/h7H,5-6,8,15H2,1-4H3. The molecule has 0 unspecified atom stereocenters. The Hall–Kier alpha value is -1.22. The number of rotatable bonds is 4. The predicted octanol–water partition coefficient (Wildman–Crippen LogP) is 2.35. The van der Waals surface area contributed by atoms with Crippen molar-refractivity contribution in [3.63, 3.8) is 0 Å². The van der Waals surface area contributed by atoms with Crippen LogP contribution in [0.15, 0.2) is 6.07 Å². The molecule has 3 nitrogen and oxygen atoms in total. The SMILES string of the molecule is COc1c(C)cc(CC2(N)CC2)c(C)c1OC. The summed E-state index contributed by atoms with van der Waals surface area (Å²) in [6.07, 6.45) is 3.18. The molecule has 3 heteroatoms. The van der Waals surface area contributed by atoms with Crippen molar-refractivity contribution in [2.45, 2.75) is 38.6 Å². The van der Waals surface area contributed by atoms with Gasteiger partial charge in [-0.2, -0.15) is 0 Å². The molecule has 1 aliphatic carbocycles. The van der Waals surface area contributed by atoms with Gasteiger partial charge in [0.05, 0.1) is 14.2 Å². The van der Waals surface area contributed by atoms with E-state index in [4.69, 9.17) is 15.2 Å². The monoisotopic (exact) mass is 235 g/mol. The van der Waals surface area contributed by atoms with E-state index < -0.39 is 0 Å². The zero-order valence-corrected chi connectivity index (χ0v) is 11.1. The van der Waals surface area contributed by atoms with Crippen LogP contribution in [0.25, 0.3) is 0 Å². The zero-order valence-electron chi connectivity index (χ0n) is 11.1. The molecule has 0 aromatic heterocycles. The number of benzene rings is 1. The molecule has 0 aliphatic heterocycles. The summed E-state index contributed by atoms with van der Waals surface area (Å²) in [7, 11) is 3.36. The van der Waals surface area contributed by atoms with E-state index in [0.29, 0.717) is 0 Å². The van der Waals surface area contributed by atoms with Gasteiger partial charge in [0.25, 0.3) is 0 Å². The first-order chi connectivity index (χ1) is 8.00. The molecule has 0 amide bonds. The van der Waals surface area contributed by atoms with Gasteiger partial charge < -0.3 is 15.2 Å². The number of hydrogen-bond donors (Lipinski definition) is 1. The van der Waals surface area contributed by atoms with Crippen molar-refractivity contribution in [3.8, 4) is 11.5 Å². The van der Waals surface area contributed by atoms with Crippen LogP contribution < -0.4 is 15.2 Å². The number of aryl methyl sites for hydroxylation is 1. The topological polar surface area (TPSA) is 44.5 Å². The summed E-state index contributed by atoms with van der Waals surface area (Å²) in [5.41, 5.74) is 9.74. The van der Waals surface area contributed by atoms with Crippen LogP contribution in [0, 0.1) is 13.8 Å². The highest BCUT2D eigenvalue weighted by atomic mass is 16.5. The Bertz CT molecular complexity index is 436. The summed E-state index contributed by atoms with van der Waals surface area (Å²) in [5.74, 6) is 1.67. The van der Waals surface area contributed by atoms with Crippen molar-refractivity contribution in [1.29, 1.82) is 0 Å². The van der Waals surface area contributed by atoms with Crippen molar-refractivity contribution < 1.29 is 9.47 Å². The second-order valence-electron chi connectivity index (χ2n) is 5.08. The quantitative estimate of drug-likeness (QED) is 0.871. The summed E-state index contributed by atoms with van der Waals surface area (Å²) in [6, 6.07) is 2.17. The van der Waals surface area contributed by atoms with Crippen LogP contribution in [0.3, 0.4) is 0 Å². The van der Waals surface area contributed by atoms with Gasteiger partial charge in [0.1, 0.15) is 0 Å². The molecule has 1 aliphatic rings. The molecule has 2 rings (SSSR count). The lowest BCUT2D eigenvalue weighted by molar-refractivity contribution is 0.350. The van der Waals surface area contributed by atoms with Crippen LogP contribution in [-0.2, 0) is 6.42 Å². The molecule has 1 fully saturated rings. The molecule has 1 aromatic carbocycles. The van der Waals surface area contributed by atoms with E-state index in [2.05, 4.69) is 13.0 Å². The average Bonchev–Trinajstić information content (AvgIpc) is 3.00. The van der Waals surface area contributed by atoms with Gasteiger partial charge in [-0.3, -0.25) is 0 Å². The highest BCUT2D eigenvalue weighted by Crippen LogP contribution is 2.41. The van der Waals surface area contributed by atoms with Crippen molar-refractivity contribution in [2.75, 3.05) is 14.2 Å². The number of methoxy groups -OCH3 is 2. The lowest BCUT2D eigenvalue weighted by atomic mass is 9.96. The third-order valence-electron chi connectivity index (χ3n) is 3.62. The van der Waals surface area contributed by atoms with Gasteiger partial charge in [-0.1, -0.05) is 6.07 Å². The van der Waals surface area contributed by atoms with Crippen LogP contribution in [0.2, 0.25) is 0 Å². The van der Waals surface area contributed by atoms with Gasteiger partial charge in [-0.25, -0.2) is 0 Å². The molecule has 2 N–H and O–H groups in total.